The lowest BCUT2D eigenvalue weighted by Crippen LogP contribution is -2.26. The number of aryl methyl sites for hydroxylation is 1. The van der Waals surface area contributed by atoms with Crippen molar-refractivity contribution >= 4 is 34.1 Å². The summed E-state index contributed by atoms with van der Waals surface area (Å²) in [4.78, 5) is 14.0. The highest BCUT2D eigenvalue weighted by molar-refractivity contribution is 7.80. The summed E-state index contributed by atoms with van der Waals surface area (Å²) in [5, 5.41) is 1.19. The van der Waals surface area contributed by atoms with Crippen molar-refractivity contribution in [2.45, 2.75) is 39.2 Å². The first-order chi connectivity index (χ1) is 19.1. The molecule has 4 heteroatoms. The predicted molar refractivity (Wildman–Crippen MR) is 161 cm³/mol. The van der Waals surface area contributed by atoms with E-state index in [-0.39, 0.29) is 11.9 Å². The molecule has 3 nitrogen and oxygen atoms in total. The summed E-state index contributed by atoms with van der Waals surface area (Å²) in [6, 6.07) is 35.5. The summed E-state index contributed by atoms with van der Waals surface area (Å²) < 4.78 is 8.01. The summed E-state index contributed by atoms with van der Waals surface area (Å²) >= 11 is 6.08. The van der Waals surface area contributed by atoms with Gasteiger partial charge in [-0.15, -0.1) is 0 Å². The third kappa shape index (κ3) is 5.30. The molecule has 0 radical (unpaired) electrons. The lowest BCUT2D eigenvalue weighted by Gasteiger charge is -2.23. The normalized spacial score (nSPS) is 14.6. The Morgan fingerprint density at radius 1 is 0.872 bits per heavy atom. The van der Waals surface area contributed by atoms with E-state index < -0.39 is 0 Å². The van der Waals surface area contributed by atoms with E-state index in [0.29, 0.717) is 13.0 Å². The second-order valence-corrected chi connectivity index (χ2v) is 10.9. The van der Waals surface area contributed by atoms with E-state index in [1.54, 1.807) is 0 Å². The average Bonchev–Trinajstić information content (AvgIpc) is 3.30. The quantitative estimate of drug-likeness (QED) is 0.168. The van der Waals surface area contributed by atoms with Crippen molar-refractivity contribution < 1.29 is 9.53 Å². The highest BCUT2D eigenvalue weighted by atomic mass is 32.1. The van der Waals surface area contributed by atoms with Crippen molar-refractivity contribution in [1.82, 2.24) is 4.57 Å². The third-order valence-corrected chi connectivity index (χ3v) is 8.15. The minimum Gasteiger partial charge on any atom is -0.461 e. The molecule has 1 aliphatic carbocycles. The maximum atomic E-state index is 13.2. The Morgan fingerprint density at radius 3 is 2.28 bits per heavy atom. The molecule has 39 heavy (non-hydrogen) atoms. The largest absolute Gasteiger partial charge is 0.461 e. The van der Waals surface area contributed by atoms with E-state index in [1.807, 2.05) is 36.4 Å². The van der Waals surface area contributed by atoms with Crippen molar-refractivity contribution in [3.63, 3.8) is 0 Å². The van der Waals surface area contributed by atoms with Crippen LogP contribution in [0, 0.1) is 12.8 Å². The molecular weight excluding hydrogens is 498 g/mol. The van der Waals surface area contributed by atoms with Gasteiger partial charge in [-0.3, -0.25) is 4.79 Å². The minimum absolute atomic E-state index is 0.119. The third-order valence-electron chi connectivity index (χ3n) is 7.74. The smallest absolute Gasteiger partial charge is 0.309 e. The topological polar surface area (TPSA) is 31.2 Å². The molecule has 0 saturated carbocycles. The molecule has 6 rings (SSSR count). The van der Waals surface area contributed by atoms with Gasteiger partial charge >= 0.3 is 5.97 Å². The Kier molecular flexibility index (Phi) is 7.12. The summed E-state index contributed by atoms with van der Waals surface area (Å²) in [5.74, 6) is -0.280. The van der Waals surface area contributed by atoms with Crippen molar-refractivity contribution in [3.05, 3.63) is 142 Å². The van der Waals surface area contributed by atoms with E-state index in [9.17, 15) is 4.79 Å². The second-order valence-electron chi connectivity index (χ2n) is 10.5. The fourth-order valence-corrected chi connectivity index (χ4v) is 6.00. The van der Waals surface area contributed by atoms with Gasteiger partial charge < -0.3 is 9.30 Å². The monoisotopic (exact) mass is 529 g/mol. The molecule has 1 heterocycles. The number of esters is 1. The number of rotatable bonds is 6. The number of carbonyl (C=O) groups is 1. The molecule has 0 aliphatic heterocycles. The molecule has 1 atom stereocenters. The lowest BCUT2D eigenvalue weighted by molar-refractivity contribution is -0.150. The van der Waals surface area contributed by atoms with Gasteiger partial charge in [-0.25, -0.2) is 0 Å². The zero-order valence-corrected chi connectivity index (χ0v) is 22.9. The Morgan fingerprint density at radius 2 is 1.56 bits per heavy atom. The second kappa shape index (κ2) is 11.0. The number of fused-ring (bicyclic) bond motifs is 3. The summed E-state index contributed by atoms with van der Waals surface area (Å²) in [7, 11) is 0. The molecule has 0 spiro atoms. The highest BCUT2D eigenvalue weighted by Gasteiger charge is 2.31. The number of benzene rings is 4. The molecule has 5 aromatic rings. The predicted octanol–water partition coefficient (Wildman–Crippen LogP) is 7.61. The van der Waals surface area contributed by atoms with Crippen LogP contribution in [0.15, 0.2) is 103 Å². The van der Waals surface area contributed by atoms with Gasteiger partial charge in [-0.1, -0.05) is 109 Å². The van der Waals surface area contributed by atoms with Crippen LogP contribution in [0.25, 0.3) is 10.9 Å². The molecule has 0 bridgehead atoms. The maximum absolute atomic E-state index is 13.2. The number of carbonyl (C=O) groups excluding carboxylic acids is 1. The van der Waals surface area contributed by atoms with Gasteiger partial charge in [0.25, 0.3) is 0 Å². The number of thiocarbonyl (C=S) groups is 1. The van der Waals surface area contributed by atoms with Crippen LogP contribution >= 0.6 is 12.2 Å². The SMILES string of the molecule is Cc1ccc(C(=S)n2c3c(c4cc(Cc5ccccc5)ccc42)CC(C(=O)OCc2ccccc2)CC3)cc1. The van der Waals surface area contributed by atoms with Gasteiger partial charge in [0.2, 0.25) is 0 Å². The molecule has 0 saturated heterocycles. The summed E-state index contributed by atoms with van der Waals surface area (Å²) in [5.41, 5.74) is 9.35. The fourth-order valence-electron chi connectivity index (χ4n) is 5.65. The number of hydrogen-bond donors (Lipinski definition) is 0. The van der Waals surface area contributed by atoms with Crippen LogP contribution in [0.5, 0.6) is 0 Å². The molecule has 4 aromatic carbocycles. The van der Waals surface area contributed by atoms with Crippen LogP contribution in [-0.4, -0.2) is 15.5 Å². The van der Waals surface area contributed by atoms with E-state index >= 15 is 0 Å². The molecule has 1 unspecified atom stereocenters. The highest BCUT2D eigenvalue weighted by Crippen LogP contribution is 2.36. The first-order valence-corrected chi connectivity index (χ1v) is 14.0. The Bertz CT molecular complexity index is 1640. The van der Waals surface area contributed by atoms with Gasteiger partial charge in [-0.05, 0) is 67.0 Å². The number of aromatic nitrogens is 1. The Hall–Kier alpha value is -4.02. The van der Waals surface area contributed by atoms with Gasteiger partial charge in [0, 0.05) is 16.6 Å². The average molecular weight is 530 g/mol. The van der Waals surface area contributed by atoms with Gasteiger partial charge in [0.1, 0.15) is 11.6 Å². The van der Waals surface area contributed by atoms with Crippen molar-refractivity contribution in [2.24, 2.45) is 5.92 Å². The van der Waals surface area contributed by atoms with Crippen LogP contribution in [-0.2, 0) is 35.4 Å². The summed E-state index contributed by atoms with van der Waals surface area (Å²) in [6.45, 7) is 2.40. The molecular formula is C35H31NO2S. The summed E-state index contributed by atoms with van der Waals surface area (Å²) in [6.07, 6.45) is 3.07. The van der Waals surface area contributed by atoms with Crippen LogP contribution in [0.2, 0.25) is 0 Å². The molecule has 1 aromatic heterocycles. The minimum atomic E-state index is -0.161. The van der Waals surface area contributed by atoms with Crippen molar-refractivity contribution in [3.8, 4) is 0 Å². The van der Waals surface area contributed by atoms with E-state index in [4.69, 9.17) is 17.0 Å². The van der Waals surface area contributed by atoms with E-state index in [2.05, 4.69) is 78.2 Å². The first kappa shape index (κ1) is 25.3. The van der Waals surface area contributed by atoms with Crippen LogP contribution < -0.4 is 0 Å². The molecule has 1 aliphatic rings. The van der Waals surface area contributed by atoms with Crippen LogP contribution in [0.1, 0.15) is 45.5 Å². The zero-order chi connectivity index (χ0) is 26.8. The number of hydrogen-bond acceptors (Lipinski definition) is 3. The van der Waals surface area contributed by atoms with Crippen molar-refractivity contribution in [2.75, 3.05) is 0 Å². The van der Waals surface area contributed by atoms with E-state index in [0.717, 1.165) is 40.9 Å². The number of nitrogens with zero attached hydrogens (tertiary/aromatic N) is 1. The van der Waals surface area contributed by atoms with Crippen LogP contribution in [0.3, 0.4) is 0 Å². The van der Waals surface area contributed by atoms with Crippen molar-refractivity contribution in [1.29, 1.82) is 0 Å². The molecule has 194 valence electrons. The van der Waals surface area contributed by atoms with Crippen LogP contribution in [0.4, 0.5) is 0 Å². The standard InChI is InChI=1S/C35H31NO2S/c1-24-12-15-28(16-13-24)34(39)36-32-18-14-27(20-25-8-4-2-5-9-25)21-30(32)31-22-29(17-19-33(31)36)35(37)38-23-26-10-6-3-7-11-26/h2-16,18,21,29H,17,19-20,22-23H2,1H3. The lowest BCUT2D eigenvalue weighted by atomic mass is 9.86. The maximum Gasteiger partial charge on any atom is 0.309 e. The van der Waals surface area contributed by atoms with E-state index in [1.165, 1.54) is 33.3 Å². The van der Waals surface area contributed by atoms with Gasteiger partial charge in [0.05, 0.1) is 11.4 Å². The Balaban J connectivity index is 1.36. The molecule has 0 amide bonds. The molecule has 0 fully saturated rings. The fraction of sp³-hybridized carbons (Fsp3) is 0.200. The first-order valence-electron chi connectivity index (χ1n) is 13.6. The number of ether oxygens (including phenoxy) is 1. The zero-order valence-electron chi connectivity index (χ0n) is 22.1. The molecule has 0 N–H and O–H groups in total. The Labute approximate surface area is 235 Å². The van der Waals surface area contributed by atoms with Gasteiger partial charge in [-0.2, -0.15) is 0 Å². The van der Waals surface area contributed by atoms with Gasteiger partial charge in [0.15, 0.2) is 0 Å².